The third-order valence-electron chi connectivity index (χ3n) is 2.50. The maximum absolute atomic E-state index is 5.64. The number of alkyl halides is 1. The van der Waals surface area contributed by atoms with Gasteiger partial charge < -0.3 is 4.42 Å². The van der Waals surface area contributed by atoms with Crippen LogP contribution in [-0.4, -0.2) is 26.0 Å². The second kappa shape index (κ2) is 4.70. The summed E-state index contributed by atoms with van der Waals surface area (Å²) in [6.07, 6.45) is 3.85. The van der Waals surface area contributed by atoms with E-state index in [-0.39, 0.29) is 0 Å². The summed E-state index contributed by atoms with van der Waals surface area (Å²) in [5.41, 5.74) is 2.34. The van der Waals surface area contributed by atoms with E-state index in [2.05, 4.69) is 20.2 Å². The Hall–Kier alpha value is -2.01. The van der Waals surface area contributed by atoms with Crippen molar-refractivity contribution in [2.75, 3.05) is 5.88 Å². The zero-order chi connectivity index (χ0) is 12.4. The van der Waals surface area contributed by atoms with Crippen LogP contribution in [0, 0.1) is 0 Å². The Balaban J connectivity index is 2.12. The van der Waals surface area contributed by atoms with Gasteiger partial charge in [-0.15, -0.1) is 21.8 Å². The second-order valence-corrected chi connectivity index (χ2v) is 4.05. The first-order chi connectivity index (χ1) is 8.88. The van der Waals surface area contributed by atoms with Gasteiger partial charge in [0.25, 0.3) is 0 Å². The zero-order valence-electron chi connectivity index (χ0n) is 9.38. The van der Waals surface area contributed by atoms with Crippen LogP contribution in [0.4, 0.5) is 0 Å². The molecule has 0 aliphatic rings. The van der Waals surface area contributed by atoms with Crippen molar-refractivity contribution in [3.63, 3.8) is 0 Å². The van der Waals surface area contributed by atoms with E-state index in [9.17, 15) is 0 Å². The number of fused-ring (bicyclic) bond motifs is 1. The molecule has 18 heavy (non-hydrogen) atoms. The summed E-state index contributed by atoms with van der Waals surface area (Å²) in [7, 11) is 0. The fourth-order valence-electron chi connectivity index (χ4n) is 1.71. The number of nitrogens with zero attached hydrogens (tertiary/aromatic N) is 4. The van der Waals surface area contributed by atoms with E-state index >= 15 is 0 Å². The number of hydrogen-bond donors (Lipinski definition) is 0. The first kappa shape index (κ1) is 11.1. The molecule has 2 heterocycles. The molecule has 0 radical (unpaired) electrons. The summed E-state index contributed by atoms with van der Waals surface area (Å²) in [6, 6.07) is 5.66. The van der Waals surface area contributed by atoms with Crippen molar-refractivity contribution < 1.29 is 4.42 Å². The van der Waals surface area contributed by atoms with E-state index in [0.717, 1.165) is 16.6 Å². The average molecular weight is 261 g/mol. The molecule has 0 N–H and O–H groups in total. The minimum atomic E-state index is 0.446. The third-order valence-corrected chi connectivity index (χ3v) is 2.69. The molecule has 0 unspecified atom stereocenters. The molecule has 0 amide bonds. The topological polar surface area (TPSA) is 64.7 Å². The lowest BCUT2D eigenvalue weighted by molar-refractivity contribution is 0.514. The van der Waals surface area contributed by atoms with Crippen LogP contribution >= 0.6 is 11.6 Å². The molecule has 90 valence electrons. The molecule has 0 bridgehead atoms. The average Bonchev–Trinajstić information content (AvgIpc) is 2.87. The maximum Gasteiger partial charge on any atom is 0.249 e. The molecule has 0 aliphatic heterocycles. The second-order valence-electron chi connectivity index (χ2n) is 3.67. The first-order valence-corrected chi connectivity index (χ1v) is 6.00. The lowest BCUT2D eigenvalue weighted by Crippen LogP contribution is -1.86. The van der Waals surface area contributed by atoms with Gasteiger partial charge in [0.2, 0.25) is 11.8 Å². The Morgan fingerprint density at radius 1 is 1.11 bits per heavy atom. The molecule has 5 nitrogen and oxygen atoms in total. The van der Waals surface area contributed by atoms with Gasteiger partial charge >= 0.3 is 0 Å². The fraction of sp³-hybridized carbons (Fsp3) is 0.167. The van der Waals surface area contributed by atoms with E-state index in [1.165, 1.54) is 0 Å². The van der Waals surface area contributed by atoms with Gasteiger partial charge in [-0.05, 0) is 12.1 Å². The molecule has 0 spiro atoms. The predicted octanol–water partition coefficient (Wildman–Crippen LogP) is 2.46. The molecule has 3 rings (SSSR count). The van der Waals surface area contributed by atoms with E-state index in [0.29, 0.717) is 24.1 Å². The molecular weight excluding hydrogens is 252 g/mol. The molecule has 3 aromatic rings. The molecule has 0 aliphatic carbocycles. The van der Waals surface area contributed by atoms with Crippen molar-refractivity contribution in [3.8, 4) is 11.5 Å². The lowest BCUT2D eigenvalue weighted by atomic mass is 10.2. The third kappa shape index (κ3) is 1.93. The molecule has 0 saturated heterocycles. The van der Waals surface area contributed by atoms with Crippen molar-refractivity contribution in [1.82, 2.24) is 20.2 Å². The highest BCUT2D eigenvalue weighted by Crippen LogP contribution is 2.24. The SMILES string of the molecule is ClCCc1nnc(-c2cccc3nccnc23)o1. The number of para-hydroxylation sites is 1. The molecular formula is C12H9ClN4O. The number of hydrogen-bond acceptors (Lipinski definition) is 5. The number of rotatable bonds is 3. The van der Waals surface area contributed by atoms with E-state index < -0.39 is 0 Å². The van der Waals surface area contributed by atoms with Gasteiger partial charge in [-0.25, -0.2) is 0 Å². The molecule has 0 saturated carbocycles. The van der Waals surface area contributed by atoms with Crippen LogP contribution in [0.2, 0.25) is 0 Å². The standard InChI is InChI=1S/C12H9ClN4O/c13-5-4-10-16-17-12(18-10)8-2-1-3-9-11(8)15-7-6-14-9/h1-3,6-7H,4-5H2. The van der Waals surface area contributed by atoms with Crippen molar-refractivity contribution >= 4 is 22.6 Å². The largest absolute Gasteiger partial charge is 0.421 e. The molecule has 6 heteroatoms. The fourth-order valence-corrected chi connectivity index (χ4v) is 1.87. The van der Waals surface area contributed by atoms with Gasteiger partial charge in [-0.3, -0.25) is 9.97 Å². The summed E-state index contributed by atoms with van der Waals surface area (Å²) in [5.74, 6) is 1.43. The van der Waals surface area contributed by atoms with Crippen molar-refractivity contribution in [2.45, 2.75) is 6.42 Å². The predicted molar refractivity (Wildman–Crippen MR) is 67.3 cm³/mol. The zero-order valence-corrected chi connectivity index (χ0v) is 10.1. The van der Waals surface area contributed by atoms with Crippen LogP contribution in [0.1, 0.15) is 5.89 Å². The molecule has 0 atom stereocenters. The normalized spacial score (nSPS) is 10.9. The minimum absolute atomic E-state index is 0.446. The van der Waals surface area contributed by atoms with E-state index in [4.69, 9.17) is 16.0 Å². The smallest absolute Gasteiger partial charge is 0.249 e. The maximum atomic E-state index is 5.64. The highest BCUT2D eigenvalue weighted by atomic mass is 35.5. The van der Waals surface area contributed by atoms with Crippen molar-refractivity contribution in [3.05, 3.63) is 36.5 Å². The Bertz CT molecular complexity index is 677. The molecule has 0 fully saturated rings. The Morgan fingerprint density at radius 3 is 2.89 bits per heavy atom. The minimum Gasteiger partial charge on any atom is -0.421 e. The highest BCUT2D eigenvalue weighted by molar-refractivity contribution is 6.17. The van der Waals surface area contributed by atoms with Crippen LogP contribution in [0.25, 0.3) is 22.5 Å². The summed E-state index contributed by atoms with van der Waals surface area (Å²) in [6.45, 7) is 0. The van der Waals surface area contributed by atoms with Gasteiger partial charge in [-0.2, -0.15) is 0 Å². The van der Waals surface area contributed by atoms with Crippen LogP contribution in [0.15, 0.2) is 35.0 Å². The van der Waals surface area contributed by atoms with Gasteiger partial charge in [-0.1, -0.05) is 6.07 Å². The van der Waals surface area contributed by atoms with Gasteiger partial charge in [0.1, 0.15) is 5.52 Å². The monoisotopic (exact) mass is 260 g/mol. The number of halogens is 1. The van der Waals surface area contributed by atoms with Gasteiger partial charge in [0, 0.05) is 24.7 Å². The van der Waals surface area contributed by atoms with E-state index in [1.807, 2.05) is 18.2 Å². The van der Waals surface area contributed by atoms with Gasteiger partial charge in [0.15, 0.2) is 0 Å². The Kier molecular flexibility index (Phi) is 2.90. The summed E-state index contributed by atoms with van der Waals surface area (Å²) in [5, 5.41) is 7.95. The van der Waals surface area contributed by atoms with Crippen LogP contribution in [-0.2, 0) is 6.42 Å². The first-order valence-electron chi connectivity index (χ1n) is 5.47. The Morgan fingerprint density at radius 2 is 2.00 bits per heavy atom. The summed E-state index contributed by atoms with van der Waals surface area (Å²) in [4.78, 5) is 8.53. The van der Waals surface area contributed by atoms with Crippen LogP contribution < -0.4 is 0 Å². The van der Waals surface area contributed by atoms with Crippen LogP contribution in [0.3, 0.4) is 0 Å². The molecule has 1 aromatic carbocycles. The highest BCUT2D eigenvalue weighted by Gasteiger charge is 2.12. The van der Waals surface area contributed by atoms with Gasteiger partial charge in [0.05, 0.1) is 11.1 Å². The lowest BCUT2D eigenvalue weighted by Gasteiger charge is -1.99. The van der Waals surface area contributed by atoms with Crippen molar-refractivity contribution in [1.29, 1.82) is 0 Å². The van der Waals surface area contributed by atoms with Crippen LogP contribution in [0.5, 0.6) is 0 Å². The number of aromatic nitrogens is 4. The number of aryl methyl sites for hydroxylation is 1. The Labute approximate surface area is 108 Å². The molecule has 2 aromatic heterocycles. The number of benzene rings is 1. The van der Waals surface area contributed by atoms with E-state index in [1.54, 1.807) is 12.4 Å². The quantitative estimate of drug-likeness (QED) is 0.677. The summed E-state index contributed by atoms with van der Waals surface area (Å²) >= 11 is 5.64. The summed E-state index contributed by atoms with van der Waals surface area (Å²) < 4.78 is 5.54. The van der Waals surface area contributed by atoms with Crippen molar-refractivity contribution in [2.24, 2.45) is 0 Å².